The van der Waals surface area contributed by atoms with Gasteiger partial charge in [0, 0.05) is 23.5 Å². The monoisotopic (exact) mass is 602 g/mol. The summed E-state index contributed by atoms with van der Waals surface area (Å²) in [5, 5.41) is 4.45. The third kappa shape index (κ3) is 5.00. The third-order valence-corrected chi connectivity index (χ3v) is 8.60. The first-order valence-corrected chi connectivity index (χ1v) is 15.7. The lowest BCUT2D eigenvalue weighted by molar-refractivity contribution is 0.279. The standard InChI is InChI=1S/C40H34N4O2/c1-39(2)23-45-37(43-39)27-15-18-33(41-21-27)35-29-12-8-9-13-30(29)36(32-20-26(14-17-31(32)35)25-10-6-5-7-11-25)34-19-16-28(22-42-34)38-44-40(3,4)24-46-38/h5-22H,23-24H2,1-4H3. The number of aromatic nitrogens is 2. The molecule has 4 aromatic carbocycles. The Morgan fingerprint density at radius 1 is 0.478 bits per heavy atom. The maximum absolute atomic E-state index is 5.91. The van der Waals surface area contributed by atoms with Crippen LogP contribution in [0.2, 0.25) is 0 Å². The van der Waals surface area contributed by atoms with Crippen LogP contribution in [0.5, 0.6) is 0 Å². The molecule has 0 bridgehead atoms. The van der Waals surface area contributed by atoms with E-state index in [0.717, 1.165) is 66.3 Å². The van der Waals surface area contributed by atoms with E-state index in [4.69, 9.17) is 29.4 Å². The molecule has 46 heavy (non-hydrogen) atoms. The summed E-state index contributed by atoms with van der Waals surface area (Å²) in [6.45, 7) is 9.43. The van der Waals surface area contributed by atoms with E-state index in [0.29, 0.717) is 25.0 Å². The zero-order chi connectivity index (χ0) is 31.5. The molecule has 2 aliphatic rings. The third-order valence-electron chi connectivity index (χ3n) is 8.60. The van der Waals surface area contributed by atoms with Crippen molar-refractivity contribution in [3.05, 3.63) is 121 Å². The number of hydrogen-bond acceptors (Lipinski definition) is 6. The largest absolute Gasteiger partial charge is 0.475 e. The normalized spacial score (nSPS) is 16.6. The summed E-state index contributed by atoms with van der Waals surface area (Å²) in [4.78, 5) is 19.5. The maximum Gasteiger partial charge on any atom is 0.218 e. The molecule has 2 aromatic heterocycles. The smallest absolute Gasteiger partial charge is 0.218 e. The van der Waals surface area contributed by atoms with Crippen molar-refractivity contribution in [1.29, 1.82) is 0 Å². The number of hydrogen-bond donors (Lipinski definition) is 0. The quantitative estimate of drug-likeness (QED) is 0.185. The lowest BCUT2D eigenvalue weighted by Gasteiger charge is -2.18. The summed E-state index contributed by atoms with van der Waals surface area (Å²) in [6, 6.07) is 34.0. The second-order valence-corrected chi connectivity index (χ2v) is 13.3. The van der Waals surface area contributed by atoms with Gasteiger partial charge in [0.15, 0.2) is 0 Å². The van der Waals surface area contributed by atoms with Gasteiger partial charge in [-0.05, 0) is 90.7 Å². The Morgan fingerprint density at radius 3 is 1.43 bits per heavy atom. The van der Waals surface area contributed by atoms with Crippen molar-refractivity contribution in [2.24, 2.45) is 9.98 Å². The van der Waals surface area contributed by atoms with Crippen LogP contribution >= 0.6 is 0 Å². The highest BCUT2D eigenvalue weighted by atomic mass is 16.5. The molecule has 4 heterocycles. The average molecular weight is 603 g/mol. The predicted molar refractivity (Wildman–Crippen MR) is 186 cm³/mol. The van der Waals surface area contributed by atoms with Crippen LogP contribution in [-0.2, 0) is 9.47 Å². The molecule has 6 heteroatoms. The minimum absolute atomic E-state index is 0.229. The van der Waals surface area contributed by atoms with Crippen LogP contribution in [0.1, 0.15) is 38.8 Å². The molecule has 2 aliphatic heterocycles. The Morgan fingerprint density at radius 2 is 0.957 bits per heavy atom. The molecule has 0 unspecified atom stereocenters. The van der Waals surface area contributed by atoms with Gasteiger partial charge in [0.1, 0.15) is 13.2 Å². The van der Waals surface area contributed by atoms with E-state index >= 15 is 0 Å². The van der Waals surface area contributed by atoms with Crippen LogP contribution in [0.3, 0.4) is 0 Å². The number of benzene rings is 4. The predicted octanol–water partition coefficient (Wildman–Crippen LogP) is 8.89. The van der Waals surface area contributed by atoms with Gasteiger partial charge < -0.3 is 9.47 Å². The van der Waals surface area contributed by atoms with Gasteiger partial charge in [0.05, 0.1) is 33.6 Å². The first-order chi connectivity index (χ1) is 22.2. The second-order valence-electron chi connectivity index (χ2n) is 13.3. The summed E-state index contributed by atoms with van der Waals surface area (Å²) in [6.07, 6.45) is 3.75. The molecule has 0 spiro atoms. The number of ether oxygens (including phenoxy) is 2. The van der Waals surface area contributed by atoms with E-state index in [-0.39, 0.29) is 11.1 Å². The number of fused-ring (bicyclic) bond motifs is 2. The van der Waals surface area contributed by atoms with Crippen LogP contribution in [0.25, 0.3) is 55.2 Å². The van der Waals surface area contributed by atoms with Gasteiger partial charge >= 0.3 is 0 Å². The molecule has 0 saturated carbocycles. The van der Waals surface area contributed by atoms with Crippen molar-refractivity contribution in [3.8, 4) is 33.6 Å². The minimum atomic E-state index is -0.232. The van der Waals surface area contributed by atoms with E-state index in [1.165, 1.54) is 0 Å². The van der Waals surface area contributed by atoms with Crippen molar-refractivity contribution < 1.29 is 9.47 Å². The molecule has 6 nitrogen and oxygen atoms in total. The maximum atomic E-state index is 5.91. The summed E-state index contributed by atoms with van der Waals surface area (Å²) in [7, 11) is 0. The molecule has 8 rings (SSSR count). The highest BCUT2D eigenvalue weighted by molar-refractivity contribution is 6.21. The van der Waals surface area contributed by atoms with Crippen molar-refractivity contribution in [1.82, 2.24) is 9.97 Å². The van der Waals surface area contributed by atoms with Crippen LogP contribution < -0.4 is 0 Å². The van der Waals surface area contributed by atoms with Gasteiger partial charge in [-0.15, -0.1) is 0 Å². The Kier molecular flexibility index (Phi) is 6.50. The van der Waals surface area contributed by atoms with Gasteiger partial charge in [-0.1, -0.05) is 66.7 Å². The molecule has 6 aromatic rings. The second kappa shape index (κ2) is 10.6. The topological polar surface area (TPSA) is 69.0 Å². The molecule has 0 aliphatic carbocycles. The van der Waals surface area contributed by atoms with E-state index in [9.17, 15) is 0 Å². The van der Waals surface area contributed by atoms with Gasteiger partial charge in [0.25, 0.3) is 0 Å². The lowest BCUT2D eigenvalue weighted by Crippen LogP contribution is -2.17. The Labute approximate surface area is 268 Å². The summed E-state index contributed by atoms with van der Waals surface area (Å²) >= 11 is 0. The van der Waals surface area contributed by atoms with Crippen molar-refractivity contribution in [2.75, 3.05) is 13.2 Å². The SMILES string of the molecule is CC1(C)COC(c2ccc(-c3c4ccccc4c(-c4ccc(C5=NC(C)(C)CO5)cn4)c4cc(-c5ccccc5)ccc34)nc2)=N1. The van der Waals surface area contributed by atoms with Crippen molar-refractivity contribution in [2.45, 2.75) is 38.8 Å². The molecular formula is C40H34N4O2. The van der Waals surface area contributed by atoms with Crippen LogP contribution in [-0.4, -0.2) is 46.1 Å². The molecule has 0 fully saturated rings. The number of nitrogens with zero attached hydrogens (tertiary/aromatic N) is 4. The average Bonchev–Trinajstić information content (AvgIpc) is 3.64. The van der Waals surface area contributed by atoms with Gasteiger partial charge in [-0.25, -0.2) is 9.98 Å². The van der Waals surface area contributed by atoms with Crippen LogP contribution in [0.4, 0.5) is 0 Å². The highest BCUT2D eigenvalue weighted by Gasteiger charge is 2.28. The highest BCUT2D eigenvalue weighted by Crippen LogP contribution is 2.44. The molecule has 226 valence electrons. The van der Waals surface area contributed by atoms with Gasteiger partial charge in [0.2, 0.25) is 11.8 Å². The first kappa shape index (κ1) is 28.1. The Bertz CT molecular complexity index is 2180. The molecule has 0 radical (unpaired) electrons. The van der Waals surface area contributed by atoms with E-state index in [1.54, 1.807) is 0 Å². The molecule has 0 saturated heterocycles. The number of aliphatic imine (C=N–C) groups is 2. The Hall–Kier alpha value is -5.36. The van der Waals surface area contributed by atoms with Crippen LogP contribution in [0, 0.1) is 0 Å². The van der Waals surface area contributed by atoms with Gasteiger partial charge in [-0.2, -0.15) is 0 Å². The fourth-order valence-electron chi connectivity index (χ4n) is 6.34. The first-order valence-electron chi connectivity index (χ1n) is 15.7. The minimum Gasteiger partial charge on any atom is -0.475 e. The molecule has 0 atom stereocenters. The van der Waals surface area contributed by atoms with Crippen molar-refractivity contribution in [3.63, 3.8) is 0 Å². The van der Waals surface area contributed by atoms with E-state index in [1.807, 2.05) is 18.5 Å². The molecule has 0 N–H and O–H groups in total. The fourth-order valence-corrected chi connectivity index (χ4v) is 6.34. The van der Waals surface area contributed by atoms with E-state index < -0.39 is 0 Å². The van der Waals surface area contributed by atoms with E-state index in [2.05, 4.69) is 119 Å². The Balaban J connectivity index is 1.34. The molecular weight excluding hydrogens is 568 g/mol. The molecule has 0 amide bonds. The summed E-state index contributed by atoms with van der Waals surface area (Å²) < 4.78 is 11.8. The number of rotatable bonds is 5. The lowest BCUT2D eigenvalue weighted by atomic mass is 9.87. The van der Waals surface area contributed by atoms with Gasteiger partial charge in [-0.3, -0.25) is 9.97 Å². The van der Waals surface area contributed by atoms with Crippen molar-refractivity contribution >= 4 is 33.3 Å². The number of pyridine rings is 2. The zero-order valence-electron chi connectivity index (χ0n) is 26.4. The fraction of sp³-hybridized carbons (Fsp3) is 0.200. The zero-order valence-corrected chi connectivity index (χ0v) is 26.4. The summed E-state index contributed by atoms with van der Waals surface area (Å²) in [5.41, 5.74) is 7.56. The van der Waals surface area contributed by atoms with Crippen LogP contribution in [0.15, 0.2) is 119 Å². The summed E-state index contributed by atoms with van der Waals surface area (Å²) in [5.74, 6) is 1.29.